The smallest absolute Gasteiger partial charge is 0.167 e. The lowest BCUT2D eigenvalue weighted by Gasteiger charge is -2.14. The number of fused-ring (bicyclic) bond motifs is 9. The molecule has 13 rings (SSSR count). The van der Waals surface area contributed by atoms with Crippen LogP contribution in [0.1, 0.15) is 6.85 Å². The fourth-order valence-corrected chi connectivity index (χ4v) is 9.41. The van der Waals surface area contributed by atoms with E-state index in [4.69, 9.17) is 26.2 Å². The number of aromatic nitrogens is 4. The van der Waals surface area contributed by atoms with Crippen molar-refractivity contribution in [2.75, 3.05) is 0 Å². The maximum absolute atomic E-state index is 9.12. The third-order valence-electron chi connectivity index (χ3n) is 12.3. The second kappa shape index (κ2) is 14.5. The Morgan fingerprint density at radius 3 is 1.67 bits per heavy atom. The molecule has 0 amide bonds. The van der Waals surface area contributed by atoms with Crippen LogP contribution in [0, 0.1) is 0 Å². The maximum Gasteiger partial charge on any atom is 0.167 e. The Morgan fingerprint density at radius 1 is 0.359 bits per heavy atom. The van der Waals surface area contributed by atoms with Gasteiger partial charge in [0.15, 0.2) is 17.5 Å². The van der Waals surface area contributed by atoms with Gasteiger partial charge in [0.05, 0.1) is 23.5 Å². The van der Waals surface area contributed by atoms with Crippen LogP contribution in [0.25, 0.3) is 127 Å². The van der Waals surface area contributed by atoms with E-state index in [1.807, 2.05) is 84.9 Å². The molecule has 5 heteroatoms. The number of furan rings is 1. The molecular formula is C59H36N4O. The summed E-state index contributed by atoms with van der Waals surface area (Å²) in [6.07, 6.45) is 0. The predicted molar refractivity (Wildman–Crippen MR) is 264 cm³/mol. The van der Waals surface area contributed by atoms with Crippen molar-refractivity contribution in [2.45, 2.75) is 0 Å². The summed E-state index contributed by atoms with van der Waals surface area (Å²) in [5, 5.41) is 7.82. The number of hydrogen-bond donors (Lipinski definition) is 0. The summed E-state index contributed by atoms with van der Waals surface area (Å²) >= 11 is 0. The molecule has 13 aromatic rings. The Kier molecular flexibility index (Phi) is 7.06. The molecule has 0 bridgehead atoms. The molecule has 0 aliphatic heterocycles. The SMILES string of the molecule is [2H]c1c([2H])c([2H])c(-c2nc(-c3cc4ccccc4c4ccccc34)nc(-c3cc(-n4c5ccccc5c5ccccc54)cc4c3oc3c(-c5ccc(-c6ccccc6)cc5)cccc34)n2)c([2H])c1[2H]. The second-order valence-corrected chi connectivity index (χ2v) is 16.0. The van der Waals surface area contributed by atoms with Crippen molar-refractivity contribution in [2.24, 2.45) is 0 Å². The van der Waals surface area contributed by atoms with Crippen LogP contribution in [-0.2, 0) is 0 Å². The van der Waals surface area contributed by atoms with Crippen LogP contribution >= 0.6 is 0 Å². The van der Waals surface area contributed by atoms with Crippen molar-refractivity contribution in [3.8, 4) is 62.1 Å². The zero-order valence-corrected chi connectivity index (χ0v) is 34.1. The van der Waals surface area contributed by atoms with Crippen molar-refractivity contribution in [3.63, 3.8) is 0 Å². The van der Waals surface area contributed by atoms with Gasteiger partial charge in [0.2, 0.25) is 0 Å². The normalized spacial score (nSPS) is 12.8. The Hall–Kier alpha value is -8.67. The minimum Gasteiger partial charge on any atom is -0.455 e. The summed E-state index contributed by atoms with van der Waals surface area (Å²) < 4.78 is 53.4. The number of rotatable bonds is 6. The Bertz CT molecular complexity index is 4180. The van der Waals surface area contributed by atoms with Crippen LogP contribution in [0.2, 0.25) is 0 Å². The van der Waals surface area contributed by atoms with Crippen molar-refractivity contribution in [1.82, 2.24) is 19.5 Å². The summed E-state index contributed by atoms with van der Waals surface area (Å²) in [5.41, 5.74) is 9.29. The molecule has 0 aliphatic carbocycles. The molecule has 0 saturated heterocycles. The second-order valence-electron chi connectivity index (χ2n) is 16.0. The third-order valence-corrected chi connectivity index (χ3v) is 12.3. The summed E-state index contributed by atoms with van der Waals surface area (Å²) in [7, 11) is 0. The molecule has 3 heterocycles. The highest BCUT2D eigenvalue weighted by molar-refractivity contribution is 6.16. The molecule has 0 spiro atoms. The minimum atomic E-state index is -0.503. The van der Waals surface area contributed by atoms with E-state index in [-0.39, 0.29) is 23.0 Å². The highest BCUT2D eigenvalue weighted by atomic mass is 16.3. The van der Waals surface area contributed by atoms with Crippen LogP contribution in [0.5, 0.6) is 0 Å². The van der Waals surface area contributed by atoms with Gasteiger partial charge in [0.1, 0.15) is 11.2 Å². The summed E-state index contributed by atoms with van der Waals surface area (Å²) in [4.78, 5) is 15.4. The molecule has 3 aromatic heterocycles. The molecule has 64 heavy (non-hydrogen) atoms. The van der Waals surface area contributed by atoms with Crippen LogP contribution in [-0.4, -0.2) is 19.5 Å². The number of nitrogens with zero attached hydrogens (tertiary/aromatic N) is 4. The van der Waals surface area contributed by atoms with Gasteiger partial charge in [-0.3, -0.25) is 0 Å². The third kappa shape index (κ3) is 5.75. The zero-order chi connectivity index (χ0) is 46.5. The molecule has 5 nitrogen and oxygen atoms in total. The van der Waals surface area contributed by atoms with Crippen molar-refractivity contribution < 1.29 is 11.3 Å². The Labute approximate surface area is 375 Å². The van der Waals surface area contributed by atoms with Crippen molar-refractivity contribution in [1.29, 1.82) is 0 Å². The van der Waals surface area contributed by atoms with Gasteiger partial charge in [-0.05, 0) is 68.6 Å². The Balaban J connectivity index is 1.14. The van der Waals surface area contributed by atoms with E-state index >= 15 is 0 Å². The van der Waals surface area contributed by atoms with Gasteiger partial charge in [0.25, 0.3) is 0 Å². The standard InChI is InChI=1S/C59H36N4O/c1-3-16-37(17-4-1)38-30-32-39(33-31-38)44-26-15-27-49-50-35-42(63-53-28-13-11-24-47(53)48-25-12-14-29-54(48)63)36-52(56(50)64-55(44)49)59-61-57(40-18-5-2-6-19-40)60-58(62-59)51-34-41-20-7-8-21-43(41)45-22-9-10-23-46(45)51/h1-36H/i2D,5D,6D,18D,19D. The lowest BCUT2D eigenvalue weighted by atomic mass is 9.96. The largest absolute Gasteiger partial charge is 0.455 e. The average Bonchev–Trinajstić information content (AvgIpc) is 3.95. The average molecular weight is 822 g/mol. The molecule has 0 aliphatic rings. The van der Waals surface area contributed by atoms with Gasteiger partial charge >= 0.3 is 0 Å². The van der Waals surface area contributed by atoms with E-state index < -0.39 is 30.2 Å². The molecule has 0 unspecified atom stereocenters. The van der Waals surface area contributed by atoms with E-state index in [0.717, 1.165) is 82.1 Å². The number of para-hydroxylation sites is 3. The van der Waals surface area contributed by atoms with Gasteiger partial charge in [0, 0.05) is 43.9 Å². The monoisotopic (exact) mass is 821 g/mol. The van der Waals surface area contributed by atoms with E-state index in [0.29, 0.717) is 22.3 Å². The molecule has 0 fully saturated rings. The summed E-state index contributed by atoms with van der Waals surface area (Å²) in [6.45, 7) is 0. The fraction of sp³-hybridized carbons (Fsp3) is 0. The highest BCUT2D eigenvalue weighted by Crippen LogP contribution is 2.44. The molecule has 0 radical (unpaired) electrons. The van der Waals surface area contributed by atoms with Gasteiger partial charge < -0.3 is 8.98 Å². The maximum atomic E-state index is 9.12. The topological polar surface area (TPSA) is 56.7 Å². The van der Waals surface area contributed by atoms with Crippen molar-refractivity contribution >= 4 is 65.3 Å². The van der Waals surface area contributed by atoms with Gasteiger partial charge in [-0.15, -0.1) is 0 Å². The van der Waals surface area contributed by atoms with Crippen LogP contribution in [0.4, 0.5) is 0 Å². The van der Waals surface area contributed by atoms with Crippen LogP contribution in [0.3, 0.4) is 0 Å². The van der Waals surface area contributed by atoms with Crippen molar-refractivity contribution in [3.05, 3.63) is 218 Å². The Morgan fingerprint density at radius 2 is 0.922 bits per heavy atom. The first-order valence-electron chi connectivity index (χ1n) is 23.7. The van der Waals surface area contributed by atoms with Crippen LogP contribution in [0.15, 0.2) is 223 Å². The molecule has 0 saturated carbocycles. The first kappa shape index (κ1) is 31.2. The molecule has 298 valence electrons. The fourth-order valence-electron chi connectivity index (χ4n) is 9.41. The van der Waals surface area contributed by atoms with Gasteiger partial charge in [-0.2, -0.15) is 0 Å². The predicted octanol–water partition coefficient (Wildman–Crippen LogP) is 15.5. The number of benzene rings is 10. The zero-order valence-electron chi connectivity index (χ0n) is 39.1. The number of hydrogen-bond acceptors (Lipinski definition) is 4. The highest BCUT2D eigenvalue weighted by Gasteiger charge is 2.23. The minimum absolute atomic E-state index is 0.0602. The quantitative estimate of drug-likeness (QED) is 0.157. The van der Waals surface area contributed by atoms with E-state index in [2.05, 4.69) is 108 Å². The molecule has 10 aromatic carbocycles. The van der Waals surface area contributed by atoms with Crippen LogP contribution < -0.4 is 0 Å². The summed E-state index contributed by atoms with van der Waals surface area (Å²) in [5.74, 6) is 0.420. The lowest BCUT2D eigenvalue weighted by molar-refractivity contribution is 0.670. The lowest BCUT2D eigenvalue weighted by Crippen LogP contribution is -2.02. The van der Waals surface area contributed by atoms with E-state index in [1.54, 1.807) is 0 Å². The first-order chi connectivity index (χ1) is 33.8. The summed E-state index contributed by atoms with van der Waals surface area (Å²) in [6, 6.07) is 61.8. The molecular weight excluding hydrogens is 781 g/mol. The van der Waals surface area contributed by atoms with Gasteiger partial charge in [-0.1, -0.05) is 188 Å². The van der Waals surface area contributed by atoms with E-state index in [1.165, 1.54) is 0 Å². The van der Waals surface area contributed by atoms with E-state index in [9.17, 15) is 0 Å². The molecule has 0 atom stereocenters. The molecule has 0 N–H and O–H groups in total. The van der Waals surface area contributed by atoms with Gasteiger partial charge in [-0.25, -0.2) is 15.0 Å². The first-order valence-corrected chi connectivity index (χ1v) is 21.2.